The molecule has 0 rings (SSSR count). The molecule has 0 aliphatic heterocycles. The summed E-state index contributed by atoms with van der Waals surface area (Å²) in [4.78, 5) is 0. The minimum absolute atomic E-state index is 0.624. The number of hydrogen-bond acceptors (Lipinski definition) is 2. The van der Waals surface area contributed by atoms with Crippen molar-refractivity contribution in [3.63, 3.8) is 0 Å². The van der Waals surface area contributed by atoms with E-state index in [9.17, 15) is 4.48 Å². The van der Waals surface area contributed by atoms with Crippen LogP contribution in [0.4, 0.5) is 4.48 Å². The Labute approximate surface area is 36.7 Å². The van der Waals surface area contributed by atoms with Crippen LogP contribution in [0.2, 0.25) is 0 Å². The lowest BCUT2D eigenvalue weighted by Gasteiger charge is -1.60. The van der Waals surface area contributed by atoms with Crippen molar-refractivity contribution in [2.45, 2.75) is 0 Å². The summed E-state index contributed by atoms with van der Waals surface area (Å²) in [5.41, 5.74) is 1.00. The Balaban J connectivity index is 2.93. The van der Waals surface area contributed by atoms with E-state index in [1.807, 2.05) is 0 Å². The molecule has 0 saturated heterocycles. The molecule has 0 bridgehead atoms. The van der Waals surface area contributed by atoms with Gasteiger partial charge in [0.15, 0.2) is 0 Å². The van der Waals surface area contributed by atoms with Crippen LogP contribution < -0.4 is 5.65 Å². The highest BCUT2D eigenvalue weighted by Gasteiger charge is 1.48. The van der Waals surface area contributed by atoms with Crippen LogP contribution in [-0.2, 0) is 21.3 Å². The van der Waals surface area contributed by atoms with Gasteiger partial charge in [0.25, 0.3) is 0 Å². The normalized spacial score (nSPS) is 6.60. The second-order valence-corrected chi connectivity index (χ2v) is 1.03. The molecule has 0 aromatic carbocycles. The van der Waals surface area contributed by atoms with Crippen molar-refractivity contribution in [1.29, 1.82) is 0 Å². The zero-order valence-electron chi connectivity index (χ0n) is 2.14. The van der Waals surface area contributed by atoms with Gasteiger partial charge in [0, 0.05) is 11.2 Å². The molecule has 0 saturated carbocycles. The Bertz CT molecular complexity index is 54.7. The Kier molecular flexibility index (Phi) is 4.24. The third kappa shape index (κ3) is 4.13. The van der Waals surface area contributed by atoms with E-state index in [4.69, 9.17) is 0 Å². The fraction of sp³-hybridized carbons (Fsp3) is 0. The molecule has 5 heavy (non-hydrogen) atoms. The van der Waals surface area contributed by atoms with Crippen molar-refractivity contribution in [2.24, 2.45) is 4.47 Å². The fourth-order valence-corrected chi connectivity index (χ4v) is 0.127. The molecule has 0 spiro atoms. The molecular formula is HFN2S2. The zero-order chi connectivity index (χ0) is 4.12. The van der Waals surface area contributed by atoms with Crippen LogP contribution in [0.5, 0.6) is 0 Å². The summed E-state index contributed by atoms with van der Waals surface area (Å²) in [5, 5.41) is 0. The van der Waals surface area contributed by atoms with Gasteiger partial charge in [0.05, 0.1) is 10.1 Å². The molecule has 30 valence electrons. The molecule has 1 N–H and O–H groups in total. The van der Waals surface area contributed by atoms with Gasteiger partial charge in [0.2, 0.25) is 0 Å². The van der Waals surface area contributed by atoms with Crippen molar-refractivity contribution >= 4 is 21.3 Å². The van der Waals surface area contributed by atoms with Gasteiger partial charge in [-0.05, 0) is 5.65 Å². The summed E-state index contributed by atoms with van der Waals surface area (Å²) in [7, 11) is 0.624. The quantitative estimate of drug-likeness (QED) is 0.384. The first kappa shape index (κ1) is 5.13. The number of rotatable bonds is 1. The van der Waals surface area contributed by atoms with Crippen LogP contribution in [0.15, 0.2) is 4.47 Å². The van der Waals surface area contributed by atoms with Crippen molar-refractivity contribution < 1.29 is 4.48 Å². The standard InChI is InChI=1S/FHN2S2/c1-2-3-5-4/h2H. The second-order valence-electron chi connectivity index (χ2n) is 0.250. The topological polar surface area (TPSA) is 24.4 Å². The summed E-state index contributed by atoms with van der Waals surface area (Å²) in [5.74, 6) is 0. The van der Waals surface area contributed by atoms with E-state index in [-0.39, 0.29) is 0 Å². The van der Waals surface area contributed by atoms with Crippen LogP contribution in [-0.4, -0.2) is 0 Å². The van der Waals surface area contributed by atoms with Gasteiger partial charge < -0.3 is 0 Å². The van der Waals surface area contributed by atoms with E-state index in [0.717, 1.165) is 5.65 Å². The molecule has 0 radical (unpaired) electrons. The van der Waals surface area contributed by atoms with Gasteiger partial charge in [-0.15, -0.1) is 8.95 Å². The van der Waals surface area contributed by atoms with Gasteiger partial charge in [-0.25, -0.2) is 0 Å². The summed E-state index contributed by atoms with van der Waals surface area (Å²) in [6, 6.07) is 0. The van der Waals surface area contributed by atoms with E-state index in [1.165, 1.54) is 0 Å². The first-order valence-corrected chi connectivity index (χ1v) is 2.46. The zero-order valence-corrected chi connectivity index (χ0v) is 3.77. The number of hydrogen-bond donors (Lipinski definition) is 1. The first-order valence-electron chi connectivity index (χ1n) is 0.762. The Morgan fingerprint density at radius 3 is 2.60 bits per heavy atom. The highest BCUT2D eigenvalue weighted by atomic mass is 32.8. The van der Waals surface area contributed by atoms with E-state index in [0.29, 0.717) is 10.1 Å². The third-order valence-electron chi connectivity index (χ3n) is 0.0718. The van der Waals surface area contributed by atoms with Gasteiger partial charge in [-0.3, -0.25) is 0 Å². The Morgan fingerprint density at radius 2 is 2.60 bits per heavy atom. The van der Waals surface area contributed by atoms with Gasteiger partial charge in [-0.1, -0.05) is 0 Å². The molecular weight excluding hydrogens is 111 g/mol. The first-order chi connectivity index (χ1) is 2.41. The molecule has 5 heteroatoms. The lowest BCUT2D eigenvalue weighted by molar-refractivity contribution is 0.352. The monoisotopic (exact) mass is 112 g/mol. The summed E-state index contributed by atoms with van der Waals surface area (Å²) in [6.45, 7) is 0. The average molecular weight is 112 g/mol. The van der Waals surface area contributed by atoms with Crippen molar-refractivity contribution in [1.82, 2.24) is 5.65 Å². The van der Waals surface area contributed by atoms with Crippen molar-refractivity contribution in [3.8, 4) is 0 Å². The van der Waals surface area contributed by atoms with Crippen molar-refractivity contribution in [3.05, 3.63) is 0 Å². The molecule has 0 unspecified atom stereocenters. The maximum atomic E-state index is 10.5. The van der Waals surface area contributed by atoms with Crippen LogP contribution in [0.1, 0.15) is 0 Å². The summed E-state index contributed by atoms with van der Waals surface area (Å²) >= 11 is 4.10. The van der Waals surface area contributed by atoms with Gasteiger partial charge >= 0.3 is 0 Å². The minimum Gasteiger partial charge on any atom is -0.113 e. The lowest BCUT2D eigenvalue weighted by Crippen LogP contribution is -1.78. The van der Waals surface area contributed by atoms with Crippen LogP contribution in [0.3, 0.4) is 0 Å². The molecule has 0 atom stereocenters. The number of nitrogens with zero attached hydrogens (tertiary/aromatic N) is 1. The third-order valence-corrected chi connectivity index (χ3v) is 0.439. The summed E-state index contributed by atoms with van der Waals surface area (Å²) < 4.78 is 13.3. The highest BCUT2D eigenvalue weighted by Crippen LogP contribution is 1.46. The maximum Gasteiger partial charge on any atom is 0.0500 e. The molecule has 0 fully saturated rings. The summed E-state index contributed by atoms with van der Waals surface area (Å²) in [6.07, 6.45) is 0. The Hall–Kier alpha value is 0.130. The van der Waals surface area contributed by atoms with E-state index in [2.05, 4.69) is 15.7 Å². The van der Waals surface area contributed by atoms with E-state index < -0.39 is 0 Å². The van der Waals surface area contributed by atoms with E-state index >= 15 is 0 Å². The molecule has 0 amide bonds. The van der Waals surface area contributed by atoms with Crippen LogP contribution >= 0.6 is 0 Å². The largest absolute Gasteiger partial charge is 0.113 e. The van der Waals surface area contributed by atoms with Crippen molar-refractivity contribution in [2.75, 3.05) is 0 Å². The van der Waals surface area contributed by atoms with Gasteiger partial charge in [0.1, 0.15) is 0 Å². The molecule has 0 aromatic heterocycles. The maximum absolute atomic E-state index is 10.5. The second kappa shape index (κ2) is 4.13. The lowest BCUT2D eigenvalue weighted by atomic mass is 12.9. The van der Waals surface area contributed by atoms with Crippen LogP contribution in [0.25, 0.3) is 0 Å². The average Bonchev–Trinajstić information content (AvgIpc) is 1.41. The smallest absolute Gasteiger partial charge is 0.0500 e. The SMILES string of the molecule is FNN=S=S. The Morgan fingerprint density at radius 1 is 2.00 bits per heavy atom. The molecule has 2 nitrogen and oxygen atoms in total. The van der Waals surface area contributed by atoms with E-state index in [1.54, 1.807) is 0 Å². The highest BCUT2D eigenvalue weighted by molar-refractivity contribution is 8.12. The molecule has 0 heterocycles. The predicted octanol–water partition coefficient (Wildman–Crippen LogP) is 0.104. The predicted molar refractivity (Wildman–Crippen MR) is 21.4 cm³/mol. The minimum atomic E-state index is 0.624. The fourth-order valence-electron chi connectivity index (χ4n) is 0.0141. The van der Waals surface area contributed by atoms with Gasteiger partial charge in [-0.2, -0.15) is 0 Å². The number of nitrogens with one attached hydrogen (secondary N) is 1. The molecule has 0 aliphatic rings. The molecule has 0 aliphatic carbocycles. The number of halogens is 1. The molecule has 0 aromatic rings. The van der Waals surface area contributed by atoms with Crippen LogP contribution in [0, 0.1) is 0 Å².